The van der Waals surface area contributed by atoms with E-state index in [1.165, 1.54) is 0 Å². The molecule has 1 aliphatic rings. The second-order valence-corrected chi connectivity index (χ2v) is 5.63. The lowest BCUT2D eigenvalue weighted by Gasteiger charge is -2.34. The Hall–Kier alpha value is -1.12. The number of hydrogen-bond donors (Lipinski definition) is 1. The fourth-order valence-electron chi connectivity index (χ4n) is 2.57. The van der Waals surface area contributed by atoms with Crippen LogP contribution in [0.25, 0.3) is 0 Å². The van der Waals surface area contributed by atoms with Gasteiger partial charge in [-0.1, -0.05) is 0 Å². The van der Waals surface area contributed by atoms with Crippen LogP contribution in [0.1, 0.15) is 24.8 Å². The first kappa shape index (κ1) is 14.3. The summed E-state index contributed by atoms with van der Waals surface area (Å²) in [5, 5.41) is 17.9. The third-order valence-electron chi connectivity index (χ3n) is 3.58. The number of nitriles is 1. The Morgan fingerprint density at radius 2 is 2.32 bits per heavy atom. The fourth-order valence-corrected chi connectivity index (χ4v) is 3.00. The molecule has 0 bridgehead atoms. The molecular weight excluding hydrogens is 311 g/mol. The first-order valence-electron chi connectivity index (χ1n) is 6.41. The van der Waals surface area contributed by atoms with E-state index in [9.17, 15) is 4.39 Å². The minimum Gasteiger partial charge on any atom is -0.396 e. The van der Waals surface area contributed by atoms with Crippen molar-refractivity contribution in [3.05, 3.63) is 28.0 Å². The number of halogens is 2. The summed E-state index contributed by atoms with van der Waals surface area (Å²) in [6.45, 7) is 1.76. The molecule has 0 amide bonds. The van der Waals surface area contributed by atoms with Crippen molar-refractivity contribution in [2.75, 3.05) is 24.6 Å². The van der Waals surface area contributed by atoms with Crippen LogP contribution in [-0.4, -0.2) is 24.8 Å². The van der Waals surface area contributed by atoms with Crippen LogP contribution in [-0.2, 0) is 0 Å². The highest BCUT2D eigenvalue weighted by molar-refractivity contribution is 9.10. The highest BCUT2D eigenvalue weighted by atomic mass is 79.9. The Bertz CT molecular complexity index is 499. The molecule has 19 heavy (non-hydrogen) atoms. The van der Waals surface area contributed by atoms with Gasteiger partial charge in [0.2, 0.25) is 0 Å². The van der Waals surface area contributed by atoms with E-state index in [0.29, 0.717) is 17.2 Å². The Kier molecular flexibility index (Phi) is 4.78. The molecule has 0 saturated carbocycles. The number of anilines is 1. The van der Waals surface area contributed by atoms with E-state index in [2.05, 4.69) is 15.9 Å². The lowest BCUT2D eigenvalue weighted by molar-refractivity contribution is 0.244. The molecule has 3 nitrogen and oxygen atoms in total. The van der Waals surface area contributed by atoms with Gasteiger partial charge >= 0.3 is 0 Å². The minimum absolute atomic E-state index is 0.179. The van der Waals surface area contributed by atoms with E-state index in [0.717, 1.165) is 32.4 Å². The van der Waals surface area contributed by atoms with Gasteiger partial charge < -0.3 is 10.0 Å². The first-order chi connectivity index (χ1) is 9.17. The molecule has 1 unspecified atom stereocenters. The van der Waals surface area contributed by atoms with Crippen LogP contribution < -0.4 is 4.90 Å². The van der Waals surface area contributed by atoms with Crippen LogP contribution in [0.5, 0.6) is 0 Å². The fraction of sp³-hybridized carbons (Fsp3) is 0.500. The van der Waals surface area contributed by atoms with E-state index < -0.39 is 0 Å². The molecule has 1 fully saturated rings. The van der Waals surface area contributed by atoms with Gasteiger partial charge in [0.1, 0.15) is 6.07 Å². The van der Waals surface area contributed by atoms with E-state index in [1.807, 2.05) is 11.0 Å². The summed E-state index contributed by atoms with van der Waals surface area (Å²) in [6.07, 6.45) is 2.84. The van der Waals surface area contributed by atoms with Gasteiger partial charge in [0.05, 0.1) is 15.7 Å². The topological polar surface area (TPSA) is 47.3 Å². The summed E-state index contributed by atoms with van der Waals surface area (Å²) in [5.41, 5.74) is 0.846. The number of aliphatic hydroxyl groups is 1. The zero-order valence-corrected chi connectivity index (χ0v) is 12.2. The van der Waals surface area contributed by atoms with Gasteiger partial charge in [0, 0.05) is 19.7 Å². The standard InChI is InChI=1S/C14H16BrFN2O/c15-13-11(8-17)3-4-12(14(13)16)18-6-1-2-10(9-18)5-7-19/h3-4,10,19H,1-2,5-7,9H2. The summed E-state index contributed by atoms with van der Waals surface area (Å²) >= 11 is 3.14. The Balaban J connectivity index is 2.22. The molecule has 1 N–H and O–H groups in total. The highest BCUT2D eigenvalue weighted by Crippen LogP contribution is 2.32. The average molecular weight is 327 g/mol. The Morgan fingerprint density at radius 1 is 1.53 bits per heavy atom. The highest BCUT2D eigenvalue weighted by Gasteiger charge is 2.23. The molecule has 0 spiro atoms. The van der Waals surface area contributed by atoms with Gasteiger partial charge in [-0.2, -0.15) is 5.26 Å². The molecule has 0 radical (unpaired) electrons. The van der Waals surface area contributed by atoms with E-state index in [1.54, 1.807) is 12.1 Å². The van der Waals surface area contributed by atoms with E-state index in [-0.39, 0.29) is 16.9 Å². The average Bonchev–Trinajstić information content (AvgIpc) is 2.42. The quantitative estimate of drug-likeness (QED) is 0.928. The molecule has 0 aromatic heterocycles. The van der Waals surface area contributed by atoms with Crippen molar-refractivity contribution >= 4 is 21.6 Å². The number of aliphatic hydroxyl groups excluding tert-OH is 1. The predicted octanol–water partition coefficient (Wildman–Crippen LogP) is 3.06. The van der Waals surface area contributed by atoms with Crippen molar-refractivity contribution in [1.82, 2.24) is 0 Å². The largest absolute Gasteiger partial charge is 0.396 e. The van der Waals surface area contributed by atoms with Crippen molar-refractivity contribution in [3.63, 3.8) is 0 Å². The van der Waals surface area contributed by atoms with E-state index >= 15 is 0 Å². The molecular formula is C14H16BrFN2O. The summed E-state index contributed by atoms with van der Waals surface area (Å²) < 4.78 is 14.5. The number of hydrogen-bond acceptors (Lipinski definition) is 3. The molecule has 1 saturated heterocycles. The van der Waals surface area contributed by atoms with Gasteiger partial charge in [-0.25, -0.2) is 4.39 Å². The maximum absolute atomic E-state index is 14.3. The third kappa shape index (κ3) is 3.07. The van der Waals surface area contributed by atoms with Gasteiger partial charge in [0.25, 0.3) is 0 Å². The van der Waals surface area contributed by atoms with Crippen molar-refractivity contribution in [3.8, 4) is 6.07 Å². The van der Waals surface area contributed by atoms with Crippen molar-refractivity contribution in [1.29, 1.82) is 5.26 Å². The van der Waals surface area contributed by atoms with Gasteiger partial charge in [-0.3, -0.25) is 0 Å². The predicted molar refractivity (Wildman–Crippen MR) is 75.5 cm³/mol. The van der Waals surface area contributed by atoms with Gasteiger partial charge in [0.15, 0.2) is 5.82 Å². The number of rotatable bonds is 3. The monoisotopic (exact) mass is 326 g/mol. The molecule has 0 aliphatic carbocycles. The summed E-state index contributed by atoms with van der Waals surface area (Å²) in [6, 6.07) is 5.26. The third-order valence-corrected chi connectivity index (χ3v) is 4.35. The van der Waals surface area contributed by atoms with Crippen LogP contribution in [0.15, 0.2) is 16.6 Å². The first-order valence-corrected chi connectivity index (χ1v) is 7.20. The summed E-state index contributed by atoms with van der Waals surface area (Å²) in [7, 11) is 0. The molecule has 5 heteroatoms. The second kappa shape index (κ2) is 6.36. The smallest absolute Gasteiger partial charge is 0.161 e. The van der Waals surface area contributed by atoms with Crippen molar-refractivity contribution in [2.24, 2.45) is 5.92 Å². The number of piperidine rings is 1. The van der Waals surface area contributed by atoms with Crippen LogP contribution in [0, 0.1) is 23.1 Å². The molecule has 102 valence electrons. The van der Waals surface area contributed by atoms with Crippen LogP contribution in [0.4, 0.5) is 10.1 Å². The lowest BCUT2D eigenvalue weighted by Crippen LogP contribution is -2.36. The molecule has 1 atom stereocenters. The number of benzene rings is 1. The van der Waals surface area contributed by atoms with Crippen LogP contribution in [0.3, 0.4) is 0 Å². The normalized spacial score (nSPS) is 19.3. The molecule has 1 heterocycles. The zero-order valence-electron chi connectivity index (χ0n) is 10.6. The SMILES string of the molecule is N#Cc1ccc(N2CCCC(CCO)C2)c(F)c1Br. The maximum Gasteiger partial charge on any atom is 0.161 e. The zero-order chi connectivity index (χ0) is 13.8. The maximum atomic E-state index is 14.3. The second-order valence-electron chi connectivity index (χ2n) is 4.84. The molecule has 2 rings (SSSR count). The molecule has 1 aliphatic heterocycles. The lowest BCUT2D eigenvalue weighted by atomic mass is 9.94. The molecule has 1 aromatic carbocycles. The van der Waals surface area contributed by atoms with Gasteiger partial charge in [-0.05, 0) is 53.2 Å². The van der Waals surface area contributed by atoms with Crippen molar-refractivity contribution in [2.45, 2.75) is 19.3 Å². The van der Waals surface area contributed by atoms with Crippen LogP contribution >= 0.6 is 15.9 Å². The summed E-state index contributed by atoms with van der Waals surface area (Å²) in [5.74, 6) is 0.0382. The number of nitrogens with zero attached hydrogens (tertiary/aromatic N) is 2. The Labute approximate surface area is 120 Å². The summed E-state index contributed by atoms with van der Waals surface area (Å²) in [4.78, 5) is 2.01. The Morgan fingerprint density at radius 3 is 3.00 bits per heavy atom. The molecule has 1 aromatic rings. The minimum atomic E-state index is -0.372. The van der Waals surface area contributed by atoms with E-state index in [4.69, 9.17) is 10.4 Å². The van der Waals surface area contributed by atoms with Gasteiger partial charge in [-0.15, -0.1) is 0 Å². The van der Waals surface area contributed by atoms with Crippen molar-refractivity contribution < 1.29 is 9.50 Å². The van der Waals surface area contributed by atoms with Crippen LogP contribution in [0.2, 0.25) is 0 Å².